The number of benzene rings is 1. The summed E-state index contributed by atoms with van der Waals surface area (Å²) in [7, 11) is 0. The minimum Gasteiger partial charge on any atom is -0.475 e. The number of ether oxygens (including phenoxy) is 3. The molecular formula is C21H27N3O3. The summed E-state index contributed by atoms with van der Waals surface area (Å²) >= 11 is 0. The number of aliphatic imine (C=N–C) groups is 3. The second-order valence-corrected chi connectivity index (χ2v) is 9.31. The molecule has 1 aromatic rings. The van der Waals surface area contributed by atoms with Crippen molar-refractivity contribution in [2.24, 2.45) is 15.0 Å². The number of rotatable bonds is 3. The van der Waals surface area contributed by atoms with Crippen LogP contribution < -0.4 is 0 Å². The number of nitrogens with zero attached hydrogens (tertiary/aromatic N) is 3. The summed E-state index contributed by atoms with van der Waals surface area (Å²) in [6.07, 6.45) is 0. The van der Waals surface area contributed by atoms with E-state index in [0.717, 1.165) is 16.7 Å². The maximum Gasteiger partial charge on any atom is 0.217 e. The Morgan fingerprint density at radius 2 is 1.07 bits per heavy atom. The molecule has 0 saturated carbocycles. The maximum absolute atomic E-state index is 5.92. The molecule has 0 aliphatic carbocycles. The highest BCUT2D eigenvalue weighted by atomic mass is 16.5. The standard InChI is InChI=1S/C21H27N3O3/c1-19(2)10-25-16(22-19)13-7-8-14(17-23-20(3,4)11-26-17)15(9-13)18-24-21(5,6)12-27-18/h7-9H,10-12H2,1-6H3. The average molecular weight is 369 g/mol. The van der Waals surface area contributed by atoms with Gasteiger partial charge in [0.25, 0.3) is 0 Å². The largest absolute Gasteiger partial charge is 0.475 e. The van der Waals surface area contributed by atoms with Crippen molar-refractivity contribution in [3.63, 3.8) is 0 Å². The van der Waals surface area contributed by atoms with Crippen LogP contribution in [0.1, 0.15) is 58.2 Å². The Hall–Kier alpha value is -2.37. The summed E-state index contributed by atoms with van der Waals surface area (Å²) in [4.78, 5) is 14.2. The lowest BCUT2D eigenvalue weighted by Gasteiger charge is -2.11. The molecule has 0 bridgehead atoms. The molecule has 0 fully saturated rings. The zero-order chi connectivity index (χ0) is 19.4. The summed E-state index contributed by atoms with van der Waals surface area (Å²) in [5.74, 6) is 1.90. The Labute approximate surface area is 160 Å². The van der Waals surface area contributed by atoms with Gasteiger partial charge in [-0.25, -0.2) is 15.0 Å². The van der Waals surface area contributed by atoms with Gasteiger partial charge in [-0.15, -0.1) is 0 Å². The van der Waals surface area contributed by atoms with Gasteiger partial charge in [-0.2, -0.15) is 0 Å². The maximum atomic E-state index is 5.92. The zero-order valence-corrected chi connectivity index (χ0v) is 16.9. The van der Waals surface area contributed by atoms with E-state index in [9.17, 15) is 0 Å². The fourth-order valence-electron chi connectivity index (χ4n) is 3.22. The van der Waals surface area contributed by atoms with Gasteiger partial charge >= 0.3 is 0 Å². The van der Waals surface area contributed by atoms with Crippen molar-refractivity contribution in [3.05, 3.63) is 34.9 Å². The molecule has 0 atom stereocenters. The van der Waals surface area contributed by atoms with Gasteiger partial charge in [0, 0.05) is 16.7 Å². The quantitative estimate of drug-likeness (QED) is 0.821. The topological polar surface area (TPSA) is 64.8 Å². The number of hydrogen-bond acceptors (Lipinski definition) is 6. The normalized spacial score (nSPS) is 24.4. The van der Waals surface area contributed by atoms with Crippen LogP contribution in [-0.4, -0.2) is 54.1 Å². The third-order valence-electron chi connectivity index (χ3n) is 4.63. The zero-order valence-electron chi connectivity index (χ0n) is 16.9. The molecule has 0 amide bonds. The monoisotopic (exact) mass is 369 g/mol. The van der Waals surface area contributed by atoms with Crippen molar-refractivity contribution < 1.29 is 14.2 Å². The lowest BCUT2D eigenvalue weighted by atomic mass is 10.0. The van der Waals surface area contributed by atoms with E-state index in [-0.39, 0.29) is 16.6 Å². The van der Waals surface area contributed by atoms with Crippen molar-refractivity contribution in [3.8, 4) is 0 Å². The first-order valence-corrected chi connectivity index (χ1v) is 9.37. The summed E-state index contributed by atoms with van der Waals surface area (Å²) in [5, 5.41) is 0. The minimum absolute atomic E-state index is 0.208. The van der Waals surface area contributed by atoms with Crippen molar-refractivity contribution in [1.29, 1.82) is 0 Å². The summed E-state index contributed by atoms with van der Waals surface area (Å²) in [6.45, 7) is 14.0. The van der Waals surface area contributed by atoms with E-state index < -0.39 is 0 Å². The Balaban J connectivity index is 1.81. The Morgan fingerprint density at radius 1 is 0.630 bits per heavy atom. The van der Waals surface area contributed by atoms with E-state index in [1.807, 2.05) is 18.2 Å². The Morgan fingerprint density at radius 3 is 1.52 bits per heavy atom. The highest BCUT2D eigenvalue weighted by Crippen LogP contribution is 2.29. The van der Waals surface area contributed by atoms with Crippen LogP contribution in [0.4, 0.5) is 0 Å². The molecule has 144 valence electrons. The van der Waals surface area contributed by atoms with Crippen LogP contribution in [0.25, 0.3) is 0 Å². The average Bonchev–Trinajstić information content (AvgIpc) is 3.23. The van der Waals surface area contributed by atoms with Gasteiger partial charge in [-0.1, -0.05) is 0 Å². The predicted molar refractivity (Wildman–Crippen MR) is 106 cm³/mol. The van der Waals surface area contributed by atoms with Gasteiger partial charge < -0.3 is 14.2 Å². The van der Waals surface area contributed by atoms with Gasteiger partial charge in [0.2, 0.25) is 17.7 Å². The number of hydrogen-bond donors (Lipinski definition) is 0. The first-order valence-electron chi connectivity index (χ1n) is 9.37. The summed E-state index contributed by atoms with van der Waals surface area (Å²) in [6, 6.07) is 6.02. The third kappa shape index (κ3) is 3.57. The second-order valence-electron chi connectivity index (χ2n) is 9.31. The van der Waals surface area contributed by atoms with Crippen molar-refractivity contribution in [2.75, 3.05) is 19.8 Å². The minimum atomic E-state index is -0.246. The first-order chi connectivity index (χ1) is 12.5. The summed E-state index contributed by atoms with van der Waals surface area (Å²) in [5.41, 5.74) is 1.98. The molecule has 0 saturated heterocycles. The van der Waals surface area contributed by atoms with Crippen LogP contribution in [0.5, 0.6) is 0 Å². The Bertz CT molecular complexity index is 879. The fourth-order valence-corrected chi connectivity index (χ4v) is 3.22. The van der Waals surface area contributed by atoms with Crippen LogP contribution in [0.3, 0.4) is 0 Å². The van der Waals surface area contributed by atoms with Crippen molar-refractivity contribution >= 4 is 17.7 Å². The second kappa shape index (κ2) is 5.81. The summed E-state index contributed by atoms with van der Waals surface area (Å²) < 4.78 is 17.6. The van der Waals surface area contributed by atoms with Gasteiger partial charge in [0.05, 0.1) is 16.6 Å². The highest BCUT2D eigenvalue weighted by Gasteiger charge is 2.34. The lowest BCUT2D eigenvalue weighted by molar-refractivity contribution is 0.277. The van der Waals surface area contributed by atoms with Crippen molar-refractivity contribution in [1.82, 2.24) is 0 Å². The van der Waals surface area contributed by atoms with Crippen LogP contribution in [-0.2, 0) is 14.2 Å². The lowest BCUT2D eigenvalue weighted by Crippen LogP contribution is -2.17. The van der Waals surface area contributed by atoms with E-state index in [2.05, 4.69) is 46.5 Å². The Kier molecular flexibility index (Phi) is 3.88. The molecule has 0 spiro atoms. The van der Waals surface area contributed by atoms with Gasteiger partial charge in [0.15, 0.2) is 0 Å². The molecule has 4 rings (SSSR count). The molecule has 0 aromatic heterocycles. The van der Waals surface area contributed by atoms with Crippen LogP contribution >= 0.6 is 0 Å². The van der Waals surface area contributed by atoms with E-state index in [4.69, 9.17) is 24.2 Å². The van der Waals surface area contributed by atoms with E-state index in [0.29, 0.717) is 37.5 Å². The van der Waals surface area contributed by atoms with E-state index in [1.165, 1.54) is 0 Å². The smallest absolute Gasteiger partial charge is 0.217 e. The van der Waals surface area contributed by atoms with Crippen molar-refractivity contribution in [2.45, 2.75) is 58.2 Å². The molecule has 3 heterocycles. The third-order valence-corrected chi connectivity index (χ3v) is 4.63. The van der Waals surface area contributed by atoms with E-state index in [1.54, 1.807) is 0 Å². The molecule has 1 aromatic carbocycles. The molecule has 3 aliphatic heterocycles. The fraction of sp³-hybridized carbons (Fsp3) is 0.571. The molecule has 0 N–H and O–H groups in total. The molecule has 6 nitrogen and oxygen atoms in total. The van der Waals surface area contributed by atoms with E-state index >= 15 is 0 Å². The molecule has 0 unspecified atom stereocenters. The molecule has 6 heteroatoms. The van der Waals surface area contributed by atoms with Gasteiger partial charge in [0.1, 0.15) is 19.8 Å². The predicted octanol–water partition coefficient (Wildman–Crippen LogP) is 3.35. The van der Waals surface area contributed by atoms with Crippen LogP contribution in [0, 0.1) is 0 Å². The molecule has 0 radical (unpaired) electrons. The first kappa shape index (κ1) is 18.0. The molecule has 3 aliphatic rings. The van der Waals surface area contributed by atoms with Gasteiger partial charge in [-0.3, -0.25) is 0 Å². The highest BCUT2D eigenvalue weighted by molar-refractivity contribution is 6.10. The van der Waals surface area contributed by atoms with Gasteiger partial charge in [-0.05, 0) is 59.7 Å². The molecule has 27 heavy (non-hydrogen) atoms. The SMILES string of the molecule is CC1(C)COC(c2ccc(C3=NC(C)(C)CO3)c(C3=NC(C)(C)CO3)c2)=N1. The van der Waals surface area contributed by atoms with Crippen LogP contribution in [0.2, 0.25) is 0 Å². The van der Waals surface area contributed by atoms with Crippen LogP contribution in [0.15, 0.2) is 33.2 Å². The molecular weight excluding hydrogens is 342 g/mol.